The molecule has 11 nitrogen and oxygen atoms in total. The molecule has 4 rings (SSSR count). The highest BCUT2D eigenvalue weighted by molar-refractivity contribution is 7.81. The van der Waals surface area contributed by atoms with Crippen molar-refractivity contribution in [2.75, 3.05) is 19.0 Å². The number of pyridine rings is 1. The zero-order valence-corrected chi connectivity index (χ0v) is 26.1. The predicted octanol–water partition coefficient (Wildman–Crippen LogP) is 5.37. The van der Waals surface area contributed by atoms with Gasteiger partial charge in [-0.2, -0.15) is 0 Å². The van der Waals surface area contributed by atoms with Crippen LogP contribution in [0.5, 0.6) is 11.5 Å². The van der Waals surface area contributed by atoms with Crippen LogP contribution in [0.25, 0.3) is 0 Å². The average Bonchev–Trinajstić information content (AvgIpc) is 2.94. The summed E-state index contributed by atoms with van der Waals surface area (Å²) in [5.74, 6) is 0.318. The van der Waals surface area contributed by atoms with E-state index in [4.69, 9.17) is 38.0 Å². The topological polar surface area (TPSA) is 128 Å². The minimum Gasteiger partial charge on any atom is -0.493 e. The lowest BCUT2D eigenvalue weighted by atomic mass is 10.0. The van der Waals surface area contributed by atoms with E-state index in [2.05, 4.69) is 25.6 Å². The average molecular weight is 625 g/mol. The van der Waals surface area contributed by atoms with Crippen LogP contribution < -0.4 is 20.1 Å². The van der Waals surface area contributed by atoms with Crippen LogP contribution in [0.2, 0.25) is 5.02 Å². The van der Waals surface area contributed by atoms with Crippen molar-refractivity contribution < 1.29 is 23.8 Å². The SMILES string of the molecule is COc1c(Cl)cccc1NC(=S)C1=C(NCc2ccncc2OCc2cncc(C)n2)CCN(C(=O)OC(C)(C)C)C1=O. The number of hydrogen-bond donors (Lipinski definition) is 2. The lowest BCUT2D eigenvalue weighted by Gasteiger charge is -2.31. The number of ether oxygens (including phenoxy) is 3. The second-order valence-electron chi connectivity index (χ2n) is 10.6. The molecule has 0 unspecified atom stereocenters. The highest BCUT2D eigenvalue weighted by atomic mass is 35.5. The van der Waals surface area contributed by atoms with Crippen LogP contribution in [0.15, 0.2) is 60.3 Å². The van der Waals surface area contributed by atoms with Crippen molar-refractivity contribution in [3.8, 4) is 11.5 Å². The Kier molecular flexibility index (Phi) is 10.1. The van der Waals surface area contributed by atoms with Crippen LogP contribution in [0.1, 0.15) is 44.1 Å². The first-order valence-electron chi connectivity index (χ1n) is 13.5. The maximum Gasteiger partial charge on any atom is 0.417 e. The number of thiocarbonyl (C=S) groups is 1. The molecule has 0 saturated carbocycles. The molecule has 43 heavy (non-hydrogen) atoms. The molecule has 1 aromatic carbocycles. The summed E-state index contributed by atoms with van der Waals surface area (Å²) in [6.07, 6.45) is 6.15. The van der Waals surface area contributed by atoms with Gasteiger partial charge in [-0.1, -0.05) is 29.9 Å². The molecule has 0 fully saturated rings. The van der Waals surface area contributed by atoms with Crippen molar-refractivity contribution in [3.05, 3.63) is 82.3 Å². The number of aromatic nitrogens is 3. The van der Waals surface area contributed by atoms with Gasteiger partial charge in [-0.15, -0.1) is 0 Å². The van der Waals surface area contributed by atoms with Crippen molar-refractivity contribution in [1.82, 2.24) is 25.2 Å². The van der Waals surface area contributed by atoms with Gasteiger partial charge in [0.15, 0.2) is 5.75 Å². The quantitative estimate of drug-likeness (QED) is 0.298. The van der Waals surface area contributed by atoms with Gasteiger partial charge in [0.1, 0.15) is 22.9 Å². The number of carbonyl (C=O) groups is 2. The van der Waals surface area contributed by atoms with E-state index in [1.165, 1.54) is 7.11 Å². The molecule has 0 atom stereocenters. The maximum absolute atomic E-state index is 13.8. The Hall–Kier alpha value is -4.29. The third kappa shape index (κ3) is 8.17. The monoisotopic (exact) mass is 624 g/mol. The first kappa shape index (κ1) is 31.6. The fraction of sp³-hybridized carbons (Fsp3) is 0.333. The number of methoxy groups -OCH3 is 1. The maximum atomic E-state index is 13.8. The number of rotatable bonds is 9. The molecular formula is C30H33ClN6O5S. The molecule has 226 valence electrons. The predicted molar refractivity (Wildman–Crippen MR) is 166 cm³/mol. The largest absolute Gasteiger partial charge is 0.493 e. The van der Waals surface area contributed by atoms with E-state index in [1.807, 2.05) is 13.0 Å². The Morgan fingerprint density at radius 2 is 1.95 bits per heavy atom. The Bertz CT molecular complexity index is 1560. The summed E-state index contributed by atoms with van der Waals surface area (Å²) in [5, 5.41) is 6.78. The number of carbonyl (C=O) groups excluding carboxylic acids is 2. The zero-order valence-electron chi connectivity index (χ0n) is 24.6. The van der Waals surface area contributed by atoms with E-state index in [0.717, 1.165) is 16.2 Å². The van der Waals surface area contributed by atoms with Crippen LogP contribution >= 0.6 is 23.8 Å². The van der Waals surface area contributed by atoms with Crippen molar-refractivity contribution in [2.45, 2.75) is 52.9 Å². The van der Waals surface area contributed by atoms with Crippen LogP contribution in [-0.2, 0) is 22.7 Å². The highest BCUT2D eigenvalue weighted by Crippen LogP contribution is 2.33. The fourth-order valence-electron chi connectivity index (χ4n) is 4.24. The molecule has 0 saturated heterocycles. The Morgan fingerprint density at radius 1 is 1.16 bits per heavy atom. The summed E-state index contributed by atoms with van der Waals surface area (Å²) in [6, 6.07) is 6.95. The van der Waals surface area contributed by atoms with Crippen LogP contribution in [0, 0.1) is 6.92 Å². The minimum atomic E-state index is -0.783. The standard InChI is InChI=1S/C30H33ClN6O5S/c1-18-13-33-15-20(35-18)17-41-24-16-32-11-9-19(24)14-34-22-10-12-37(29(39)42-30(2,3)4)28(38)25(22)27(43)36-23-8-6-7-21(31)26(23)40-5/h6-9,11,13,15-16,34H,10,12,14,17H2,1-5H3,(H,36,43). The van der Waals surface area contributed by atoms with Gasteiger partial charge in [-0.25, -0.2) is 9.69 Å². The molecule has 0 bridgehead atoms. The van der Waals surface area contributed by atoms with Crippen molar-refractivity contribution in [2.24, 2.45) is 0 Å². The molecule has 2 amide bonds. The van der Waals surface area contributed by atoms with E-state index in [0.29, 0.717) is 46.6 Å². The molecule has 13 heteroatoms. The molecule has 1 aliphatic rings. The zero-order chi connectivity index (χ0) is 31.1. The molecule has 0 radical (unpaired) electrons. The lowest BCUT2D eigenvalue weighted by molar-refractivity contribution is -0.126. The summed E-state index contributed by atoms with van der Waals surface area (Å²) >= 11 is 12.0. The summed E-state index contributed by atoms with van der Waals surface area (Å²) in [6.45, 7) is 7.67. The second kappa shape index (κ2) is 13.8. The van der Waals surface area contributed by atoms with Gasteiger partial charge in [0, 0.05) is 43.2 Å². The molecular weight excluding hydrogens is 592 g/mol. The number of nitrogens with one attached hydrogen (secondary N) is 2. The summed E-state index contributed by atoms with van der Waals surface area (Å²) in [5.41, 5.74) is 2.63. The third-order valence-corrected chi connectivity index (χ3v) is 6.75. The van der Waals surface area contributed by atoms with E-state index < -0.39 is 17.6 Å². The van der Waals surface area contributed by atoms with Gasteiger partial charge in [0.2, 0.25) is 0 Å². The van der Waals surface area contributed by atoms with Crippen molar-refractivity contribution >= 4 is 46.5 Å². The van der Waals surface area contributed by atoms with Crippen molar-refractivity contribution in [3.63, 3.8) is 0 Å². The number of aryl methyl sites for hydroxylation is 1. The summed E-state index contributed by atoms with van der Waals surface area (Å²) < 4.78 is 16.9. The highest BCUT2D eigenvalue weighted by Gasteiger charge is 2.36. The number of para-hydroxylation sites is 1. The van der Waals surface area contributed by atoms with Gasteiger partial charge in [0.05, 0.1) is 47.2 Å². The molecule has 0 spiro atoms. The molecule has 2 aromatic heterocycles. The molecule has 1 aliphatic heterocycles. The molecule has 3 aromatic rings. The minimum absolute atomic E-state index is 0.0885. The van der Waals surface area contributed by atoms with Gasteiger partial charge in [-0.3, -0.25) is 19.7 Å². The van der Waals surface area contributed by atoms with Crippen molar-refractivity contribution in [1.29, 1.82) is 0 Å². The molecule has 2 N–H and O–H groups in total. The van der Waals surface area contributed by atoms with Gasteiger partial charge in [0.25, 0.3) is 5.91 Å². The van der Waals surface area contributed by atoms with E-state index in [9.17, 15) is 9.59 Å². The van der Waals surface area contributed by atoms with Gasteiger partial charge in [-0.05, 0) is 45.9 Å². The second-order valence-corrected chi connectivity index (χ2v) is 11.4. The Morgan fingerprint density at radius 3 is 2.67 bits per heavy atom. The summed E-state index contributed by atoms with van der Waals surface area (Å²) in [4.78, 5) is 40.6. The number of halogens is 1. The summed E-state index contributed by atoms with van der Waals surface area (Å²) in [7, 11) is 1.48. The number of nitrogens with zero attached hydrogens (tertiary/aromatic N) is 4. The normalized spacial score (nSPS) is 13.4. The fourth-order valence-corrected chi connectivity index (χ4v) is 4.81. The smallest absolute Gasteiger partial charge is 0.417 e. The van der Waals surface area contributed by atoms with E-state index in [-0.39, 0.29) is 23.7 Å². The Balaban J connectivity index is 1.60. The Labute approximate surface area is 260 Å². The van der Waals surface area contributed by atoms with E-state index >= 15 is 0 Å². The number of amides is 2. The number of hydrogen-bond acceptors (Lipinski definition) is 10. The van der Waals surface area contributed by atoms with E-state index in [1.54, 1.807) is 63.8 Å². The van der Waals surface area contributed by atoms with Gasteiger partial charge < -0.3 is 24.8 Å². The number of anilines is 1. The number of benzene rings is 1. The lowest BCUT2D eigenvalue weighted by Crippen LogP contribution is -2.47. The molecule has 0 aliphatic carbocycles. The van der Waals surface area contributed by atoms with Crippen LogP contribution in [-0.4, -0.2) is 56.1 Å². The van der Waals surface area contributed by atoms with Crippen LogP contribution in [0.3, 0.4) is 0 Å². The van der Waals surface area contributed by atoms with Crippen LogP contribution in [0.4, 0.5) is 10.5 Å². The molecule has 3 heterocycles. The van der Waals surface area contributed by atoms with Gasteiger partial charge >= 0.3 is 6.09 Å². The number of imide groups is 1. The first-order chi connectivity index (χ1) is 20.5. The third-order valence-electron chi connectivity index (χ3n) is 6.15. The first-order valence-corrected chi connectivity index (χ1v) is 14.2.